The number of nitrogens with one attached hydrogen (secondary N) is 2. The van der Waals surface area contributed by atoms with Crippen molar-refractivity contribution >= 4 is 22.8 Å². The Labute approximate surface area is 198 Å². The maximum atomic E-state index is 13.7. The summed E-state index contributed by atoms with van der Waals surface area (Å²) >= 11 is 0. The van der Waals surface area contributed by atoms with Crippen LogP contribution in [0.25, 0.3) is 10.9 Å². The first kappa shape index (κ1) is 22.4. The average molecular weight is 463 g/mol. The number of hydrogen-bond donors (Lipinski definition) is 3. The van der Waals surface area contributed by atoms with Gasteiger partial charge in [0, 0.05) is 42.7 Å². The second kappa shape index (κ2) is 8.77. The number of amides is 3. The quantitative estimate of drug-likeness (QED) is 0.353. The molecule has 2 unspecified atom stereocenters. The zero-order valence-corrected chi connectivity index (χ0v) is 19.5. The summed E-state index contributed by atoms with van der Waals surface area (Å²) in [5.74, 6) is 0.594. The van der Waals surface area contributed by atoms with Crippen LogP contribution in [0.3, 0.4) is 0 Å². The summed E-state index contributed by atoms with van der Waals surface area (Å²) in [6.07, 6.45) is 0.423. The minimum atomic E-state index is -1.00. The number of fused-ring (bicyclic) bond motifs is 4. The van der Waals surface area contributed by atoms with Gasteiger partial charge in [-0.3, -0.25) is 14.6 Å². The van der Waals surface area contributed by atoms with E-state index in [4.69, 9.17) is 9.84 Å². The van der Waals surface area contributed by atoms with Crippen LogP contribution in [0.5, 0.6) is 5.75 Å². The first-order chi connectivity index (χ1) is 16.5. The summed E-state index contributed by atoms with van der Waals surface area (Å²) in [7, 11) is 0. The van der Waals surface area contributed by atoms with E-state index in [2.05, 4.69) is 10.3 Å². The molecule has 1 fully saturated rings. The third-order valence-electron chi connectivity index (χ3n) is 6.86. The number of H-pyrrole nitrogens is 1. The van der Waals surface area contributed by atoms with Crippen molar-refractivity contribution in [3.05, 3.63) is 65.4 Å². The van der Waals surface area contributed by atoms with Crippen molar-refractivity contribution in [2.75, 3.05) is 32.8 Å². The number of urea groups is 1. The van der Waals surface area contributed by atoms with Gasteiger partial charge in [-0.2, -0.15) is 0 Å². The maximum Gasteiger partial charge on any atom is 0.328 e. The van der Waals surface area contributed by atoms with Crippen LogP contribution in [0.1, 0.15) is 36.7 Å². The summed E-state index contributed by atoms with van der Waals surface area (Å²) < 4.78 is 5.74. The van der Waals surface area contributed by atoms with E-state index < -0.39 is 11.6 Å². The van der Waals surface area contributed by atoms with Crippen LogP contribution in [0, 0.1) is 0 Å². The molecule has 2 aliphatic rings. The molecule has 0 radical (unpaired) electrons. The summed E-state index contributed by atoms with van der Waals surface area (Å²) in [4.78, 5) is 34.0. The number of aliphatic hydroxyl groups is 1. The molecule has 2 aromatic carbocycles. The lowest BCUT2D eigenvalue weighted by atomic mass is 9.81. The number of ether oxygens (including phenoxy) is 1. The molecule has 0 saturated carbocycles. The smallest absolute Gasteiger partial charge is 0.328 e. The lowest BCUT2D eigenvalue weighted by molar-refractivity contribution is -0.133. The molecule has 178 valence electrons. The van der Waals surface area contributed by atoms with Crippen molar-refractivity contribution in [1.29, 1.82) is 0 Å². The van der Waals surface area contributed by atoms with Crippen LogP contribution in [0.15, 0.2) is 48.5 Å². The molecule has 3 heterocycles. The number of aliphatic hydroxyl groups excluding tert-OH is 1. The van der Waals surface area contributed by atoms with Crippen LogP contribution in [0.4, 0.5) is 4.79 Å². The third-order valence-corrected chi connectivity index (χ3v) is 6.86. The van der Waals surface area contributed by atoms with Crippen molar-refractivity contribution in [3.63, 3.8) is 0 Å². The molecule has 5 rings (SSSR count). The van der Waals surface area contributed by atoms with Gasteiger partial charge in [0.05, 0.1) is 13.2 Å². The van der Waals surface area contributed by atoms with Crippen molar-refractivity contribution in [3.8, 4) is 5.75 Å². The van der Waals surface area contributed by atoms with Gasteiger partial charge in [0.25, 0.3) is 5.91 Å². The maximum absolute atomic E-state index is 13.7. The molecule has 3 amide bonds. The van der Waals surface area contributed by atoms with Crippen LogP contribution in [0.2, 0.25) is 0 Å². The van der Waals surface area contributed by atoms with Crippen molar-refractivity contribution in [1.82, 2.24) is 20.1 Å². The first-order valence-corrected chi connectivity index (χ1v) is 11.8. The van der Waals surface area contributed by atoms with Gasteiger partial charge in [0.1, 0.15) is 17.3 Å². The minimum Gasteiger partial charge on any atom is -0.494 e. The number of nitrogens with zero attached hydrogens (tertiary/aromatic N) is 2. The van der Waals surface area contributed by atoms with Gasteiger partial charge in [0.2, 0.25) is 0 Å². The number of benzene rings is 2. The zero-order valence-electron chi connectivity index (χ0n) is 19.5. The highest BCUT2D eigenvalue weighted by Crippen LogP contribution is 2.48. The van der Waals surface area contributed by atoms with Crippen LogP contribution in [-0.4, -0.2) is 70.2 Å². The first-order valence-electron chi connectivity index (χ1n) is 11.8. The van der Waals surface area contributed by atoms with Gasteiger partial charge in [-0.15, -0.1) is 0 Å². The Morgan fingerprint density at radius 3 is 2.71 bits per heavy atom. The van der Waals surface area contributed by atoms with Gasteiger partial charge in [-0.1, -0.05) is 30.3 Å². The molecule has 8 nitrogen and oxygen atoms in total. The predicted octanol–water partition coefficient (Wildman–Crippen LogP) is 2.82. The second-order valence-electron chi connectivity index (χ2n) is 9.00. The SMILES string of the molecule is CCOc1ccc2[nH]c3c(c2c1)CC1(C)C(=O)N(CCNCCO)C(=O)N1C3c1ccccc1. The number of carbonyl (C=O) groups excluding carboxylic acids is 2. The highest BCUT2D eigenvalue weighted by molar-refractivity contribution is 6.08. The molecule has 0 spiro atoms. The van der Waals surface area contributed by atoms with Gasteiger partial charge < -0.3 is 20.1 Å². The van der Waals surface area contributed by atoms with E-state index in [0.29, 0.717) is 26.1 Å². The van der Waals surface area contributed by atoms with Gasteiger partial charge in [-0.25, -0.2) is 4.79 Å². The van der Waals surface area contributed by atoms with E-state index >= 15 is 0 Å². The van der Waals surface area contributed by atoms with E-state index in [1.807, 2.05) is 62.4 Å². The van der Waals surface area contributed by atoms with Gasteiger partial charge in [-0.05, 0) is 43.2 Å². The van der Waals surface area contributed by atoms with E-state index in [1.54, 1.807) is 4.90 Å². The van der Waals surface area contributed by atoms with Crippen LogP contribution < -0.4 is 10.1 Å². The lowest BCUT2D eigenvalue weighted by Crippen LogP contribution is -2.53. The largest absolute Gasteiger partial charge is 0.494 e. The van der Waals surface area contributed by atoms with Gasteiger partial charge >= 0.3 is 6.03 Å². The number of rotatable bonds is 8. The average Bonchev–Trinajstić information content (AvgIpc) is 3.28. The lowest BCUT2D eigenvalue weighted by Gasteiger charge is -2.42. The molecule has 1 saturated heterocycles. The molecular weight excluding hydrogens is 432 g/mol. The third kappa shape index (κ3) is 3.45. The van der Waals surface area contributed by atoms with Gasteiger partial charge in [0.15, 0.2) is 0 Å². The Morgan fingerprint density at radius 1 is 1.18 bits per heavy atom. The molecule has 0 aliphatic carbocycles. The van der Waals surface area contributed by atoms with Crippen molar-refractivity contribution < 1.29 is 19.4 Å². The normalized spacial score (nSPS) is 21.8. The molecule has 2 atom stereocenters. The van der Waals surface area contributed by atoms with Crippen molar-refractivity contribution in [2.24, 2.45) is 0 Å². The Kier molecular flexibility index (Phi) is 5.79. The molecule has 2 aliphatic heterocycles. The Bertz CT molecular complexity index is 1220. The Hall–Kier alpha value is -3.36. The van der Waals surface area contributed by atoms with E-state index in [1.165, 1.54) is 4.90 Å². The summed E-state index contributed by atoms with van der Waals surface area (Å²) in [6.45, 7) is 5.52. The molecular formula is C26H30N4O4. The fourth-order valence-corrected chi connectivity index (χ4v) is 5.32. The van der Waals surface area contributed by atoms with E-state index in [-0.39, 0.29) is 25.1 Å². The Morgan fingerprint density at radius 2 is 1.97 bits per heavy atom. The van der Waals surface area contributed by atoms with E-state index in [0.717, 1.165) is 33.5 Å². The monoisotopic (exact) mass is 462 g/mol. The second-order valence-corrected chi connectivity index (χ2v) is 9.00. The molecule has 3 aromatic rings. The molecule has 34 heavy (non-hydrogen) atoms. The molecule has 0 bridgehead atoms. The fourth-order valence-electron chi connectivity index (χ4n) is 5.32. The number of aromatic amines is 1. The topological polar surface area (TPSA) is 97.9 Å². The minimum absolute atomic E-state index is 0.00721. The molecule has 8 heteroatoms. The fraction of sp³-hybridized carbons (Fsp3) is 0.385. The predicted molar refractivity (Wildman–Crippen MR) is 129 cm³/mol. The molecule has 3 N–H and O–H groups in total. The number of hydrogen-bond acceptors (Lipinski definition) is 5. The molecule has 1 aromatic heterocycles. The Balaban J connectivity index is 1.62. The summed E-state index contributed by atoms with van der Waals surface area (Å²) in [6, 6.07) is 15.1. The number of imide groups is 1. The highest BCUT2D eigenvalue weighted by Gasteiger charge is 2.59. The standard InChI is InChI=1S/C26H30N4O4/c1-3-34-18-9-10-21-19(15-18)20-16-26(2)24(32)29(13-11-27-12-14-31)25(33)30(26)23(22(20)28-21)17-7-5-4-6-8-17/h4-10,15,23,27-28,31H,3,11-14,16H2,1-2H3. The van der Waals surface area contributed by atoms with Crippen LogP contribution >= 0.6 is 0 Å². The van der Waals surface area contributed by atoms with Crippen LogP contribution in [-0.2, 0) is 11.2 Å². The summed E-state index contributed by atoms with van der Waals surface area (Å²) in [5.41, 5.74) is 2.90. The van der Waals surface area contributed by atoms with Crippen molar-refractivity contribution in [2.45, 2.75) is 31.8 Å². The number of carbonyl (C=O) groups is 2. The highest BCUT2D eigenvalue weighted by atomic mass is 16.5. The zero-order chi connectivity index (χ0) is 23.9. The number of aromatic nitrogens is 1. The summed E-state index contributed by atoms with van der Waals surface area (Å²) in [5, 5.41) is 13.1. The van der Waals surface area contributed by atoms with E-state index in [9.17, 15) is 9.59 Å².